The van der Waals surface area contributed by atoms with Crippen LogP contribution in [0.1, 0.15) is 22.7 Å². The third-order valence-electron chi connectivity index (χ3n) is 2.88. The van der Waals surface area contributed by atoms with Crippen LogP contribution < -0.4 is 10.1 Å². The average Bonchev–Trinajstić information content (AvgIpc) is 3.08. The van der Waals surface area contributed by atoms with Gasteiger partial charge in [0.25, 0.3) is 5.91 Å². The first-order valence-corrected chi connectivity index (χ1v) is 7.26. The van der Waals surface area contributed by atoms with Crippen LogP contribution in [-0.2, 0) is 16.1 Å². The van der Waals surface area contributed by atoms with Crippen molar-refractivity contribution in [2.75, 3.05) is 13.2 Å². The molecule has 0 atom stereocenters. The van der Waals surface area contributed by atoms with Crippen LogP contribution in [0.5, 0.6) is 5.75 Å². The minimum absolute atomic E-state index is 0.00788. The molecule has 0 radical (unpaired) electrons. The van der Waals surface area contributed by atoms with Crippen molar-refractivity contribution in [1.29, 1.82) is 5.26 Å². The molecule has 0 aliphatic carbocycles. The first-order chi connectivity index (χ1) is 11.7. The number of hydrogen-bond donors (Lipinski definition) is 1. The number of para-hydroxylation sites is 1. The Morgan fingerprint density at radius 3 is 2.71 bits per heavy atom. The second-order valence-corrected chi connectivity index (χ2v) is 4.70. The molecule has 0 aliphatic heterocycles. The van der Waals surface area contributed by atoms with E-state index < -0.39 is 18.5 Å². The van der Waals surface area contributed by atoms with E-state index in [1.807, 2.05) is 36.4 Å². The fourth-order valence-corrected chi connectivity index (χ4v) is 1.75. The van der Waals surface area contributed by atoms with Gasteiger partial charge in [-0.05, 0) is 24.3 Å². The zero-order valence-electron chi connectivity index (χ0n) is 12.9. The number of carbonyl (C=O) groups excluding carboxylic acids is 2. The maximum absolute atomic E-state index is 11.8. The first kappa shape index (κ1) is 17.1. The highest BCUT2D eigenvalue weighted by Gasteiger charge is 2.14. The lowest BCUT2D eigenvalue weighted by atomic mass is 10.3. The summed E-state index contributed by atoms with van der Waals surface area (Å²) in [5.41, 5.74) is 0. The molecule has 124 valence electrons. The summed E-state index contributed by atoms with van der Waals surface area (Å²) in [6.07, 6.45) is 0.197. The number of furan rings is 1. The molecule has 1 N–H and O–H groups in total. The Balaban J connectivity index is 1.76. The van der Waals surface area contributed by atoms with E-state index in [2.05, 4.69) is 5.32 Å². The molecule has 0 fully saturated rings. The second-order valence-electron chi connectivity index (χ2n) is 4.70. The molecule has 1 aromatic carbocycles. The van der Waals surface area contributed by atoms with Crippen LogP contribution in [0.4, 0.5) is 0 Å². The molecular weight excluding hydrogens is 312 g/mol. The van der Waals surface area contributed by atoms with Gasteiger partial charge in [0.2, 0.25) is 5.76 Å². The summed E-state index contributed by atoms with van der Waals surface area (Å²) in [5, 5.41) is 10.8. The minimum Gasteiger partial charge on any atom is -0.486 e. The standard InChI is InChI=1S/C17H16N2O5/c18-9-4-10-19-16(20)12-23-17(21)15-8-7-14(24-15)11-22-13-5-2-1-3-6-13/h1-3,5-8H,4,10-12H2,(H,19,20). The Morgan fingerprint density at radius 1 is 1.17 bits per heavy atom. The number of nitrogens with zero attached hydrogens (tertiary/aromatic N) is 1. The molecule has 7 heteroatoms. The minimum atomic E-state index is -0.739. The number of hydrogen-bond acceptors (Lipinski definition) is 6. The van der Waals surface area contributed by atoms with Crippen molar-refractivity contribution in [2.45, 2.75) is 13.0 Å². The number of carbonyl (C=O) groups is 2. The van der Waals surface area contributed by atoms with Crippen molar-refractivity contribution in [1.82, 2.24) is 5.32 Å². The summed E-state index contributed by atoms with van der Waals surface area (Å²) >= 11 is 0. The van der Waals surface area contributed by atoms with Gasteiger partial charge in [0.05, 0.1) is 12.5 Å². The lowest BCUT2D eigenvalue weighted by Gasteiger charge is -2.04. The van der Waals surface area contributed by atoms with Crippen LogP contribution in [0, 0.1) is 11.3 Å². The molecule has 0 spiro atoms. The van der Waals surface area contributed by atoms with Crippen LogP contribution in [0.15, 0.2) is 46.9 Å². The maximum Gasteiger partial charge on any atom is 0.374 e. The van der Waals surface area contributed by atoms with E-state index >= 15 is 0 Å². The summed E-state index contributed by atoms with van der Waals surface area (Å²) in [6, 6.07) is 14.1. The number of nitriles is 1. The predicted molar refractivity (Wildman–Crippen MR) is 83.0 cm³/mol. The zero-order valence-corrected chi connectivity index (χ0v) is 12.9. The van der Waals surface area contributed by atoms with Crippen LogP contribution in [0.2, 0.25) is 0 Å². The molecule has 1 heterocycles. The van der Waals surface area contributed by atoms with Gasteiger partial charge in [0.1, 0.15) is 18.1 Å². The highest BCUT2D eigenvalue weighted by atomic mass is 16.6. The third kappa shape index (κ3) is 5.50. The molecule has 24 heavy (non-hydrogen) atoms. The molecule has 0 saturated heterocycles. The lowest BCUT2D eigenvalue weighted by molar-refractivity contribution is -0.124. The van der Waals surface area contributed by atoms with Crippen molar-refractivity contribution >= 4 is 11.9 Å². The Kier molecular flexibility index (Phi) is 6.41. The van der Waals surface area contributed by atoms with E-state index in [4.69, 9.17) is 19.2 Å². The molecule has 0 aliphatic rings. The molecule has 1 amide bonds. The van der Waals surface area contributed by atoms with Crippen molar-refractivity contribution in [3.63, 3.8) is 0 Å². The maximum atomic E-state index is 11.8. The van der Waals surface area contributed by atoms with Gasteiger partial charge in [-0.15, -0.1) is 0 Å². The van der Waals surface area contributed by atoms with Crippen LogP contribution in [0.3, 0.4) is 0 Å². The van der Waals surface area contributed by atoms with Gasteiger partial charge in [-0.3, -0.25) is 4.79 Å². The van der Waals surface area contributed by atoms with Gasteiger partial charge < -0.3 is 19.2 Å². The summed E-state index contributed by atoms with van der Waals surface area (Å²) in [5.74, 6) is -0.0722. The predicted octanol–water partition coefficient (Wildman–Crippen LogP) is 2.05. The van der Waals surface area contributed by atoms with Gasteiger partial charge in [0.15, 0.2) is 6.61 Å². The van der Waals surface area contributed by atoms with Gasteiger partial charge >= 0.3 is 5.97 Å². The van der Waals surface area contributed by atoms with Gasteiger partial charge in [0, 0.05) is 6.54 Å². The van der Waals surface area contributed by atoms with E-state index in [1.54, 1.807) is 6.07 Å². The fourth-order valence-electron chi connectivity index (χ4n) is 1.75. The molecule has 2 rings (SSSR count). The zero-order chi connectivity index (χ0) is 17.2. The second kappa shape index (κ2) is 9.00. The monoisotopic (exact) mass is 328 g/mol. The molecule has 1 aromatic heterocycles. The molecule has 0 unspecified atom stereocenters. The molecule has 2 aromatic rings. The van der Waals surface area contributed by atoms with Gasteiger partial charge in [-0.2, -0.15) is 5.26 Å². The van der Waals surface area contributed by atoms with Gasteiger partial charge in [-0.25, -0.2) is 4.79 Å². The van der Waals surface area contributed by atoms with Crippen molar-refractivity contribution < 1.29 is 23.5 Å². The number of amides is 1. The van der Waals surface area contributed by atoms with E-state index in [1.165, 1.54) is 6.07 Å². The fraction of sp³-hybridized carbons (Fsp3) is 0.235. The lowest BCUT2D eigenvalue weighted by Crippen LogP contribution is -2.29. The number of esters is 1. The van der Waals surface area contributed by atoms with Crippen LogP contribution in [-0.4, -0.2) is 25.0 Å². The van der Waals surface area contributed by atoms with Crippen molar-refractivity contribution in [3.8, 4) is 11.8 Å². The SMILES string of the molecule is N#CCCNC(=O)COC(=O)c1ccc(COc2ccccc2)o1. The van der Waals surface area contributed by atoms with Crippen LogP contribution >= 0.6 is 0 Å². The van der Waals surface area contributed by atoms with Crippen molar-refractivity contribution in [2.24, 2.45) is 0 Å². The Hall–Kier alpha value is -3.27. The van der Waals surface area contributed by atoms with E-state index in [9.17, 15) is 9.59 Å². The highest BCUT2D eigenvalue weighted by Crippen LogP contribution is 2.14. The Labute approximate surface area is 138 Å². The molecule has 0 saturated carbocycles. The summed E-state index contributed by atoms with van der Waals surface area (Å²) in [4.78, 5) is 23.1. The smallest absolute Gasteiger partial charge is 0.374 e. The Morgan fingerprint density at radius 2 is 1.96 bits per heavy atom. The number of benzene rings is 1. The van der Waals surface area contributed by atoms with E-state index in [0.29, 0.717) is 11.5 Å². The van der Waals surface area contributed by atoms with Crippen LogP contribution in [0.25, 0.3) is 0 Å². The van der Waals surface area contributed by atoms with Crippen molar-refractivity contribution in [3.05, 3.63) is 54.0 Å². The normalized spacial score (nSPS) is 9.79. The summed E-state index contributed by atoms with van der Waals surface area (Å²) in [7, 11) is 0. The number of ether oxygens (including phenoxy) is 2. The number of rotatable bonds is 8. The average molecular weight is 328 g/mol. The van der Waals surface area contributed by atoms with E-state index in [0.717, 1.165) is 0 Å². The molecular formula is C17H16N2O5. The molecule has 7 nitrogen and oxygen atoms in total. The molecule has 0 bridgehead atoms. The topological polar surface area (TPSA) is 102 Å². The number of nitrogens with one attached hydrogen (secondary N) is 1. The summed E-state index contributed by atoms with van der Waals surface area (Å²) < 4.78 is 15.7. The highest BCUT2D eigenvalue weighted by molar-refractivity contribution is 5.88. The largest absolute Gasteiger partial charge is 0.486 e. The Bertz CT molecular complexity index is 718. The van der Waals surface area contributed by atoms with E-state index in [-0.39, 0.29) is 25.3 Å². The third-order valence-corrected chi connectivity index (χ3v) is 2.88. The quantitative estimate of drug-likeness (QED) is 0.588. The summed E-state index contributed by atoms with van der Waals surface area (Å²) in [6.45, 7) is -0.0403. The van der Waals surface area contributed by atoms with Gasteiger partial charge in [-0.1, -0.05) is 18.2 Å². The first-order valence-electron chi connectivity index (χ1n) is 7.26.